The van der Waals surface area contributed by atoms with Crippen LogP contribution in [0.3, 0.4) is 0 Å². The van der Waals surface area contributed by atoms with Crippen molar-refractivity contribution in [2.45, 2.75) is 30.2 Å². The summed E-state index contributed by atoms with van der Waals surface area (Å²) in [7, 11) is -1.77. The maximum absolute atomic E-state index is 12.5. The zero-order chi connectivity index (χ0) is 14.0. The van der Waals surface area contributed by atoms with Crippen molar-refractivity contribution in [2.24, 2.45) is 11.7 Å². The standard InChI is InChI=1S/C12H20N2O3S2/c1-9-3-4-14(7-11(9)17-2)19(15,16)12-5-10(6-13)8-18-12/h5,8-9,11H,3-4,6-7,13H2,1-2H3. The Kier molecular flexibility index (Phi) is 4.62. The van der Waals surface area contributed by atoms with Gasteiger partial charge in [-0.1, -0.05) is 6.92 Å². The van der Waals surface area contributed by atoms with Gasteiger partial charge in [-0.3, -0.25) is 0 Å². The number of nitrogens with zero attached hydrogens (tertiary/aromatic N) is 1. The molecule has 0 spiro atoms. The Morgan fingerprint density at radius 3 is 2.89 bits per heavy atom. The number of sulfonamides is 1. The fourth-order valence-electron chi connectivity index (χ4n) is 2.25. The maximum Gasteiger partial charge on any atom is 0.252 e. The summed E-state index contributed by atoms with van der Waals surface area (Å²) in [6.45, 7) is 3.44. The Morgan fingerprint density at radius 2 is 2.32 bits per heavy atom. The zero-order valence-electron chi connectivity index (χ0n) is 11.2. The molecule has 2 atom stereocenters. The van der Waals surface area contributed by atoms with Gasteiger partial charge in [-0.2, -0.15) is 4.31 Å². The van der Waals surface area contributed by atoms with Gasteiger partial charge in [0.1, 0.15) is 4.21 Å². The van der Waals surface area contributed by atoms with E-state index in [4.69, 9.17) is 10.5 Å². The minimum Gasteiger partial charge on any atom is -0.380 e. The van der Waals surface area contributed by atoms with E-state index in [2.05, 4.69) is 6.92 Å². The van der Waals surface area contributed by atoms with Crippen molar-refractivity contribution in [1.82, 2.24) is 4.31 Å². The van der Waals surface area contributed by atoms with Crippen LogP contribution >= 0.6 is 11.3 Å². The van der Waals surface area contributed by atoms with E-state index in [1.165, 1.54) is 15.6 Å². The third kappa shape index (κ3) is 3.00. The molecule has 108 valence electrons. The summed E-state index contributed by atoms with van der Waals surface area (Å²) in [5.41, 5.74) is 6.38. The van der Waals surface area contributed by atoms with Crippen LogP contribution in [0.25, 0.3) is 0 Å². The van der Waals surface area contributed by atoms with Crippen molar-refractivity contribution in [3.8, 4) is 0 Å². The minimum absolute atomic E-state index is 0.0301. The van der Waals surface area contributed by atoms with Crippen LogP contribution in [0.1, 0.15) is 18.9 Å². The number of piperidine rings is 1. The van der Waals surface area contributed by atoms with Gasteiger partial charge in [0.15, 0.2) is 0 Å². The second-order valence-electron chi connectivity index (χ2n) is 4.88. The quantitative estimate of drug-likeness (QED) is 0.908. The number of methoxy groups -OCH3 is 1. The van der Waals surface area contributed by atoms with Crippen LogP contribution < -0.4 is 5.73 Å². The predicted octanol–water partition coefficient (Wildman–Crippen LogP) is 1.25. The Balaban J connectivity index is 2.20. The van der Waals surface area contributed by atoms with E-state index in [9.17, 15) is 8.42 Å². The molecule has 1 aromatic heterocycles. The maximum atomic E-state index is 12.5. The molecule has 2 unspecified atom stereocenters. The van der Waals surface area contributed by atoms with Crippen molar-refractivity contribution in [3.05, 3.63) is 17.0 Å². The molecule has 0 aliphatic carbocycles. The third-order valence-corrected chi connectivity index (χ3v) is 6.94. The lowest BCUT2D eigenvalue weighted by Gasteiger charge is -2.35. The first kappa shape index (κ1) is 14.9. The van der Waals surface area contributed by atoms with E-state index in [1.54, 1.807) is 18.6 Å². The third-order valence-electron chi connectivity index (χ3n) is 3.61. The van der Waals surface area contributed by atoms with E-state index < -0.39 is 10.0 Å². The lowest BCUT2D eigenvalue weighted by Crippen LogP contribution is -2.46. The van der Waals surface area contributed by atoms with Crippen molar-refractivity contribution in [3.63, 3.8) is 0 Å². The summed E-state index contributed by atoms with van der Waals surface area (Å²) < 4.78 is 32.3. The normalized spacial score (nSPS) is 25.6. The van der Waals surface area contributed by atoms with E-state index in [0.29, 0.717) is 29.8 Å². The molecule has 19 heavy (non-hydrogen) atoms. The number of rotatable bonds is 4. The molecule has 2 rings (SSSR count). The number of nitrogens with two attached hydrogens (primary N) is 1. The van der Waals surface area contributed by atoms with Crippen LogP contribution in [0.5, 0.6) is 0 Å². The molecule has 2 N–H and O–H groups in total. The molecule has 2 heterocycles. The van der Waals surface area contributed by atoms with Crippen LogP contribution in [0.4, 0.5) is 0 Å². The second-order valence-corrected chi connectivity index (χ2v) is 7.96. The molecule has 0 bridgehead atoms. The van der Waals surface area contributed by atoms with Crippen LogP contribution in [0.15, 0.2) is 15.7 Å². The first-order valence-electron chi connectivity index (χ1n) is 6.29. The largest absolute Gasteiger partial charge is 0.380 e. The average Bonchev–Trinajstić information content (AvgIpc) is 2.88. The summed E-state index contributed by atoms with van der Waals surface area (Å²) >= 11 is 1.23. The molecular formula is C12H20N2O3S2. The average molecular weight is 304 g/mol. The van der Waals surface area contributed by atoms with Crippen molar-refractivity contribution in [2.75, 3.05) is 20.2 Å². The molecule has 7 heteroatoms. The topological polar surface area (TPSA) is 72.6 Å². The molecule has 1 aliphatic rings. The molecule has 0 radical (unpaired) electrons. The lowest BCUT2D eigenvalue weighted by atomic mass is 9.97. The van der Waals surface area contributed by atoms with E-state index in [1.807, 2.05) is 0 Å². The summed E-state index contributed by atoms with van der Waals surface area (Å²) in [6.07, 6.45) is 0.796. The summed E-state index contributed by atoms with van der Waals surface area (Å²) in [6, 6.07) is 1.67. The van der Waals surface area contributed by atoms with Gasteiger partial charge >= 0.3 is 0 Å². The Labute approximate surface area is 118 Å². The molecule has 1 aromatic rings. The number of thiophene rings is 1. The number of hydrogen-bond acceptors (Lipinski definition) is 5. The van der Waals surface area contributed by atoms with E-state index in [0.717, 1.165) is 12.0 Å². The van der Waals surface area contributed by atoms with Gasteiger partial charge in [0.2, 0.25) is 0 Å². The lowest BCUT2D eigenvalue weighted by molar-refractivity contribution is 0.0184. The van der Waals surface area contributed by atoms with Crippen LogP contribution in [0.2, 0.25) is 0 Å². The summed E-state index contributed by atoms with van der Waals surface area (Å²) in [5, 5.41) is 1.80. The first-order valence-corrected chi connectivity index (χ1v) is 8.61. The van der Waals surface area contributed by atoms with Gasteiger partial charge in [0.25, 0.3) is 10.0 Å². The van der Waals surface area contributed by atoms with Crippen LogP contribution in [0, 0.1) is 5.92 Å². The Morgan fingerprint density at radius 1 is 1.58 bits per heavy atom. The smallest absolute Gasteiger partial charge is 0.252 e. The highest BCUT2D eigenvalue weighted by Gasteiger charge is 2.34. The summed E-state index contributed by atoms with van der Waals surface area (Å²) in [5.74, 6) is 0.388. The highest BCUT2D eigenvalue weighted by molar-refractivity contribution is 7.91. The fourth-order valence-corrected chi connectivity index (χ4v) is 5.10. The zero-order valence-corrected chi connectivity index (χ0v) is 12.8. The van der Waals surface area contributed by atoms with Crippen molar-refractivity contribution in [1.29, 1.82) is 0 Å². The highest BCUT2D eigenvalue weighted by Crippen LogP contribution is 2.28. The van der Waals surface area contributed by atoms with Gasteiger partial charge in [-0.15, -0.1) is 11.3 Å². The molecule has 0 amide bonds. The van der Waals surface area contributed by atoms with Gasteiger partial charge in [0, 0.05) is 26.7 Å². The van der Waals surface area contributed by atoms with Gasteiger partial charge in [-0.25, -0.2) is 8.42 Å². The second kappa shape index (κ2) is 5.88. The predicted molar refractivity (Wildman–Crippen MR) is 75.5 cm³/mol. The molecule has 1 aliphatic heterocycles. The number of ether oxygens (including phenoxy) is 1. The first-order chi connectivity index (χ1) is 8.98. The molecule has 0 aromatic carbocycles. The van der Waals surface area contributed by atoms with E-state index in [-0.39, 0.29) is 6.10 Å². The summed E-state index contributed by atoms with van der Waals surface area (Å²) in [4.78, 5) is 0. The molecule has 0 saturated carbocycles. The Bertz CT molecular complexity index is 527. The Hall–Kier alpha value is -0.470. The molecular weight excluding hydrogens is 284 g/mol. The van der Waals surface area contributed by atoms with Crippen LogP contribution in [-0.4, -0.2) is 39.0 Å². The SMILES string of the molecule is COC1CN(S(=O)(=O)c2cc(CN)cs2)CCC1C. The van der Waals surface area contributed by atoms with Crippen molar-refractivity contribution < 1.29 is 13.2 Å². The minimum atomic E-state index is -3.40. The monoisotopic (exact) mass is 304 g/mol. The van der Waals surface area contributed by atoms with Gasteiger partial charge in [-0.05, 0) is 29.3 Å². The van der Waals surface area contributed by atoms with Gasteiger partial charge < -0.3 is 10.5 Å². The highest BCUT2D eigenvalue weighted by atomic mass is 32.2. The van der Waals surface area contributed by atoms with Gasteiger partial charge in [0.05, 0.1) is 6.10 Å². The van der Waals surface area contributed by atoms with Crippen LogP contribution in [-0.2, 0) is 21.3 Å². The van der Waals surface area contributed by atoms with Crippen molar-refractivity contribution >= 4 is 21.4 Å². The molecule has 1 fully saturated rings. The molecule has 1 saturated heterocycles. The molecule has 5 nitrogen and oxygen atoms in total. The number of hydrogen-bond donors (Lipinski definition) is 1. The van der Waals surface area contributed by atoms with E-state index >= 15 is 0 Å². The fraction of sp³-hybridized carbons (Fsp3) is 0.667.